The number of aromatic nitrogens is 1. The van der Waals surface area contributed by atoms with Crippen LogP contribution in [-0.2, 0) is 0 Å². The first-order valence-electron chi connectivity index (χ1n) is 8.20. The molecular weight excluding hydrogens is 324 g/mol. The molecule has 0 aliphatic heterocycles. The van der Waals surface area contributed by atoms with Crippen molar-refractivity contribution < 1.29 is 14.3 Å². The fraction of sp³-hybridized carbons (Fsp3) is 0.444. The van der Waals surface area contributed by atoms with Crippen molar-refractivity contribution in [2.45, 2.75) is 38.1 Å². The molecule has 128 valence electrons. The Hall–Kier alpha value is -2.08. The number of ether oxygens (including phenoxy) is 2. The molecule has 1 amide bonds. The zero-order valence-electron chi connectivity index (χ0n) is 14.0. The number of amides is 1. The van der Waals surface area contributed by atoms with Crippen LogP contribution < -0.4 is 14.8 Å². The summed E-state index contributed by atoms with van der Waals surface area (Å²) in [4.78, 5) is 16.9. The van der Waals surface area contributed by atoms with E-state index >= 15 is 0 Å². The van der Waals surface area contributed by atoms with E-state index in [9.17, 15) is 4.79 Å². The molecule has 1 heterocycles. The quantitative estimate of drug-likeness (QED) is 0.892. The predicted molar refractivity (Wildman–Crippen MR) is 95.0 cm³/mol. The molecule has 6 heteroatoms. The van der Waals surface area contributed by atoms with Gasteiger partial charge in [0.1, 0.15) is 10.7 Å². The van der Waals surface area contributed by atoms with Gasteiger partial charge in [0.15, 0.2) is 11.5 Å². The number of thiazole rings is 1. The van der Waals surface area contributed by atoms with E-state index in [2.05, 4.69) is 10.3 Å². The summed E-state index contributed by atoms with van der Waals surface area (Å²) in [7, 11) is 3.21. The van der Waals surface area contributed by atoms with Crippen LogP contribution in [0.15, 0.2) is 23.6 Å². The number of nitrogens with one attached hydrogen (secondary N) is 1. The van der Waals surface area contributed by atoms with Crippen LogP contribution in [0.1, 0.15) is 42.6 Å². The minimum absolute atomic E-state index is 0.0914. The molecule has 24 heavy (non-hydrogen) atoms. The van der Waals surface area contributed by atoms with E-state index in [1.165, 1.54) is 30.6 Å². The lowest BCUT2D eigenvalue weighted by Gasteiger charge is -2.22. The normalized spacial score (nSPS) is 15.1. The summed E-state index contributed by atoms with van der Waals surface area (Å²) in [5.41, 5.74) is 1.30. The number of carbonyl (C=O) groups excluding carboxylic acids is 1. The zero-order chi connectivity index (χ0) is 16.9. The Labute approximate surface area is 146 Å². The predicted octanol–water partition coefficient (Wildman–Crippen LogP) is 3.89. The maximum Gasteiger partial charge on any atom is 0.270 e. The van der Waals surface area contributed by atoms with Crippen molar-refractivity contribution in [2.75, 3.05) is 14.2 Å². The van der Waals surface area contributed by atoms with Crippen LogP contribution in [0.3, 0.4) is 0 Å². The average Bonchev–Trinajstić information content (AvgIpc) is 3.12. The Kier molecular flexibility index (Phi) is 5.35. The fourth-order valence-electron chi connectivity index (χ4n) is 3.06. The number of methoxy groups -OCH3 is 2. The van der Waals surface area contributed by atoms with Crippen LogP contribution in [-0.4, -0.2) is 31.2 Å². The zero-order valence-corrected chi connectivity index (χ0v) is 14.8. The molecule has 0 radical (unpaired) electrons. The highest BCUT2D eigenvalue weighted by Crippen LogP contribution is 2.38. The first kappa shape index (κ1) is 16.8. The standard InChI is InChI=1S/C18H22N2O3S/c1-22-15-10-6-9-13(16(15)23-2)18-20-14(11-24-18)17(21)19-12-7-4-3-5-8-12/h6,9-12H,3-5,7-8H2,1-2H3,(H,19,21). The topological polar surface area (TPSA) is 60.5 Å². The number of benzene rings is 1. The van der Waals surface area contributed by atoms with Gasteiger partial charge in [-0.3, -0.25) is 4.79 Å². The third-order valence-corrected chi connectivity index (χ3v) is 5.19. The number of nitrogens with zero attached hydrogens (tertiary/aromatic N) is 1. The number of hydrogen-bond donors (Lipinski definition) is 1. The number of carbonyl (C=O) groups is 1. The molecule has 1 saturated carbocycles. The van der Waals surface area contributed by atoms with Crippen LogP contribution in [0.25, 0.3) is 10.6 Å². The molecule has 3 rings (SSSR count). The third kappa shape index (κ3) is 3.53. The van der Waals surface area contributed by atoms with Crippen LogP contribution in [0.4, 0.5) is 0 Å². The largest absolute Gasteiger partial charge is 0.493 e. The van der Waals surface area contributed by atoms with Crippen molar-refractivity contribution in [2.24, 2.45) is 0 Å². The second kappa shape index (κ2) is 7.66. The minimum atomic E-state index is -0.0914. The maximum atomic E-state index is 12.4. The second-order valence-corrected chi connectivity index (χ2v) is 6.75. The summed E-state index contributed by atoms with van der Waals surface area (Å²) in [5.74, 6) is 1.19. The van der Waals surface area contributed by atoms with Crippen molar-refractivity contribution in [1.29, 1.82) is 0 Å². The van der Waals surface area contributed by atoms with Gasteiger partial charge in [0.2, 0.25) is 0 Å². The summed E-state index contributed by atoms with van der Waals surface area (Å²) in [6.07, 6.45) is 5.77. The Bertz CT molecular complexity index is 708. The lowest BCUT2D eigenvalue weighted by atomic mass is 9.95. The van der Waals surface area contributed by atoms with E-state index in [1.54, 1.807) is 19.6 Å². The van der Waals surface area contributed by atoms with Crippen molar-refractivity contribution in [1.82, 2.24) is 10.3 Å². The Morgan fingerprint density at radius 3 is 2.71 bits per heavy atom. The molecular formula is C18H22N2O3S. The molecule has 1 aromatic heterocycles. The Morgan fingerprint density at radius 1 is 1.21 bits per heavy atom. The van der Waals surface area contributed by atoms with E-state index in [-0.39, 0.29) is 11.9 Å². The Balaban J connectivity index is 1.79. The van der Waals surface area contributed by atoms with Gasteiger partial charge in [-0.1, -0.05) is 25.3 Å². The summed E-state index contributed by atoms with van der Waals surface area (Å²) in [6, 6.07) is 5.93. The molecule has 1 aliphatic carbocycles. The van der Waals surface area contributed by atoms with E-state index in [0.29, 0.717) is 17.2 Å². The van der Waals surface area contributed by atoms with Gasteiger partial charge in [-0.05, 0) is 25.0 Å². The SMILES string of the molecule is COc1cccc(-c2nc(C(=O)NC3CCCCC3)cs2)c1OC. The highest BCUT2D eigenvalue weighted by molar-refractivity contribution is 7.13. The second-order valence-electron chi connectivity index (χ2n) is 5.89. The van der Waals surface area contributed by atoms with Gasteiger partial charge in [0.05, 0.1) is 19.8 Å². The minimum Gasteiger partial charge on any atom is -0.493 e. The van der Waals surface area contributed by atoms with Crippen molar-refractivity contribution in [3.8, 4) is 22.1 Å². The summed E-state index contributed by atoms with van der Waals surface area (Å²) >= 11 is 1.43. The molecule has 0 bridgehead atoms. The van der Waals surface area contributed by atoms with Gasteiger partial charge in [-0.25, -0.2) is 4.98 Å². The van der Waals surface area contributed by atoms with E-state index in [1.807, 2.05) is 18.2 Å². The third-order valence-electron chi connectivity index (χ3n) is 4.31. The molecule has 0 spiro atoms. The molecule has 2 aromatic rings. The highest BCUT2D eigenvalue weighted by Gasteiger charge is 2.20. The number of para-hydroxylation sites is 1. The first-order chi connectivity index (χ1) is 11.7. The molecule has 1 fully saturated rings. The number of hydrogen-bond acceptors (Lipinski definition) is 5. The summed E-state index contributed by atoms with van der Waals surface area (Å²) in [6.45, 7) is 0. The van der Waals surface area contributed by atoms with Gasteiger partial charge in [-0.15, -0.1) is 11.3 Å². The van der Waals surface area contributed by atoms with Crippen LogP contribution in [0, 0.1) is 0 Å². The Morgan fingerprint density at radius 2 is 2.00 bits per heavy atom. The van der Waals surface area contributed by atoms with Gasteiger partial charge < -0.3 is 14.8 Å². The fourth-order valence-corrected chi connectivity index (χ4v) is 3.89. The number of rotatable bonds is 5. The van der Waals surface area contributed by atoms with Crippen molar-refractivity contribution >= 4 is 17.2 Å². The smallest absolute Gasteiger partial charge is 0.270 e. The van der Waals surface area contributed by atoms with Crippen LogP contribution in [0.5, 0.6) is 11.5 Å². The molecule has 1 N–H and O–H groups in total. The van der Waals surface area contributed by atoms with Crippen molar-refractivity contribution in [3.05, 3.63) is 29.3 Å². The molecule has 1 aromatic carbocycles. The molecule has 5 nitrogen and oxygen atoms in total. The van der Waals surface area contributed by atoms with Crippen molar-refractivity contribution in [3.63, 3.8) is 0 Å². The van der Waals surface area contributed by atoms with E-state index in [0.717, 1.165) is 23.4 Å². The van der Waals surface area contributed by atoms with Crippen LogP contribution >= 0.6 is 11.3 Å². The first-order valence-corrected chi connectivity index (χ1v) is 9.08. The monoisotopic (exact) mass is 346 g/mol. The van der Waals surface area contributed by atoms with Gasteiger partial charge >= 0.3 is 0 Å². The molecule has 0 unspecified atom stereocenters. The lowest BCUT2D eigenvalue weighted by Crippen LogP contribution is -2.36. The average molecular weight is 346 g/mol. The van der Waals surface area contributed by atoms with Gasteiger partial charge in [0.25, 0.3) is 5.91 Å². The summed E-state index contributed by atoms with van der Waals surface area (Å²) in [5, 5.41) is 5.65. The van der Waals surface area contributed by atoms with Gasteiger partial charge in [0, 0.05) is 11.4 Å². The highest BCUT2D eigenvalue weighted by atomic mass is 32.1. The molecule has 0 atom stereocenters. The lowest BCUT2D eigenvalue weighted by molar-refractivity contribution is 0.0923. The summed E-state index contributed by atoms with van der Waals surface area (Å²) < 4.78 is 10.8. The molecule has 1 aliphatic rings. The van der Waals surface area contributed by atoms with E-state index < -0.39 is 0 Å². The van der Waals surface area contributed by atoms with Gasteiger partial charge in [-0.2, -0.15) is 0 Å². The maximum absolute atomic E-state index is 12.4. The molecule has 0 saturated heterocycles. The van der Waals surface area contributed by atoms with E-state index in [4.69, 9.17) is 9.47 Å². The van der Waals surface area contributed by atoms with Crippen LogP contribution in [0.2, 0.25) is 0 Å².